The number of hydrogen-bond acceptors (Lipinski definition) is 4. The molecule has 1 unspecified atom stereocenters. The molecule has 0 N–H and O–H groups in total. The normalized spacial score (nSPS) is 17.5. The van der Waals surface area contributed by atoms with Crippen molar-refractivity contribution >= 4 is 27.4 Å². The second kappa shape index (κ2) is 6.01. The van der Waals surface area contributed by atoms with E-state index in [0.29, 0.717) is 10.9 Å². The van der Waals surface area contributed by atoms with E-state index in [4.69, 9.17) is 0 Å². The van der Waals surface area contributed by atoms with E-state index in [2.05, 4.69) is 28.2 Å². The molecule has 1 aliphatic heterocycles. The van der Waals surface area contributed by atoms with Crippen molar-refractivity contribution in [1.29, 1.82) is 0 Å². The van der Waals surface area contributed by atoms with Crippen LogP contribution in [0.3, 0.4) is 0 Å². The lowest BCUT2D eigenvalue weighted by Gasteiger charge is -2.17. The Morgan fingerprint density at radius 1 is 1.27 bits per heavy atom. The quantitative estimate of drug-likeness (QED) is 0.861. The van der Waals surface area contributed by atoms with Crippen molar-refractivity contribution in [1.82, 2.24) is 0 Å². The van der Waals surface area contributed by atoms with Gasteiger partial charge in [0.25, 0.3) is 0 Å². The summed E-state index contributed by atoms with van der Waals surface area (Å²) in [4.78, 5) is 10.9. The number of aliphatic imine (C=N–C) groups is 2. The van der Waals surface area contributed by atoms with Crippen LogP contribution >= 0.6 is 0 Å². The van der Waals surface area contributed by atoms with Crippen LogP contribution in [0.1, 0.15) is 17.5 Å². The molecule has 5 heteroatoms. The molecule has 0 amide bonds. The number of hydrogen-bond donors (Lipinski definition) is 0. The summed E-state index contributed by atoms with van der Waals surface area (Å²) in [7, 11) is 2.75. The van der Waals surface area contributed by atoms with Crippen LogP contribution in [0.4, 0.5) is 5.69 Å². The Hall–Kier alpha value is -2.01. The molecule has 1 aromatic carbocycles. The maximum absolute atomic E-state index is 12.6. The summed E-state index contributed by atoms with van der Waals surface area (Å²) >= 11 is 0. The van der Waals surface area contributed by atoms with Gasteiger partial charge in [-0.15, -0.1) is 0 Å². The third-order valence-electron chi connectivity index (χ3n) is 3.62. The lowest BCUT2D eigenvalue weighted by atomic mass is 10.1. The van der Waals surface area contributed by atoms with Gasteiger partial charge in [-0.1, -0.05) is 29.8 Å². The number of benzene rings is 1. The second-order valence-corrected chi connectivity index (χ2v) is 6.98. The number of aryl methyl sites for hydroxylation is 1. The summed E-state index contributed by atoms with van der Waals surface area (Å²) in [5.74, 6) is 0.432. The average Bonchev–Trinajstić information content (AvgIpc) is 2.91. The predicted octanol–water partition coefficient (Wildman–Crippen LogP) is 2.96. The van der Waals surface area contributed by atoms with E-state index < -0.39 is 10.8 Å². The van der Waals surface area contributed by atoms with Crippen molar-refractivity contribution in [3.05, 3.63) is 53.3 Å². The lowest BCUT2D eigenvalue weighted by molar-refractivity contribution is 0.689. The van der Waals surface area contributed by atoms with Gasteiger partial charge in [0, 0.05) is 19.8 Å². The number of fused-ring (bicyclic) bond motifs is 1. The van der Waals surface area contributed by atoms with Gasteiger partial charge in [0.15, 0.2) is 0 Å². The summed E-state index contributed by atoms with van der Waals surface area (Å²) in [6.45, 7) is 2.04. The Balaban J connectivity index is 1.86. The summed E-state index contributed by atoms with van der Waals surface area (Å²) in [5.41, 5.74) is 4.98. The fourth-order valence-electron chi connectivity index (χ4n) is 2.55. The fraction of sp³-hybridized carbons (Fsp3) is 0.294. The highest BCUT2D eigenvalue weighted by molar-refractivity contribution is 7.99. The maximum Gasteiger partial charge on any atom is 0.220 e. The molecule has 1 heterocycles. The monoisotopic (exact) mass is 313 g/mol. The topological polar surface area (TPSA) is 45.0 Å². The standard InChI is InChI=1S/C17H19N3OS/c1-12-8-9-16(20(2)3)13(10-12)11-22(21)17-18-14-6-4-5-7-15(14)19-17/h4,6-10H,5,11H2,1-3H3. The molecule has 22 heavy (non-hydrogen) atoms. The zero-order chi connectivity index (χ0) is 15.7. The first-order valence-corrected chi connectivity index (χ1v) is 8.56. The van der Waals surface area contributed by atoms with Gasteiger partial charge >= 0.3 is 0 Å². The third-order valence-corrected chi connectivity index (χ3v) is 4.79. The lowest BCUT2D eigenvalue weighted by Crippen LogP contribution is -2.14. The highest BCUT2D eigenvalue weighted by Gasteiger charge is 2.21. The van der Waals surface area contributed by atoms with Crippen LogP contribution in [0, 0.1) is 6.92 Å². The SMILES string of the molecule is Cc1ccc(N(C)C)c(CS(=O)C2=NC3=CCC=CC3=N2)c1. The zero-order valence-corrected chi connectivity index (χ0v) is 13.9. The van der Waals surface area contributed by atoms with E-state index in [9.17, 15) is 4.21 Å². The molecule has 0 aromatic heterocycles. The maximum atomic E-state index is 12.6. The van der Waals surface area contributed by atoms with Gasteiger partial charge in [-0.25, -0.2) is 9.98 Å². The molecule has 2 aliphatic rings. The van der Waals surface area contributed by atoms with Crippen LogP contribution in [-0.4, -0.2) is 29.2 Å². The molecule has 0 saturated heterocycles. The number of anilines is 1. The Labute approximate surface area is 133 Å². The van der Waals surface area contributed by atoms with Crippen LogP contribution in [-0.2, 0) is 16.6 Å². The highest BCUT2D eigenvalue weighted by atomic mass is 32.2. The van der Waals surface area contributed by atoms with E-state index in [-0.39, 0.29) is 0 Å². The number of allylic oxidation sites excluding steroid dienone is 3. The molecular formula is C17H19N3OS. The van der Waals surface area contributed by atoms with E-state index in [1.807, 2.05) is 44.1 Å². The Kier molecular flexibility index (Phi) is 4.07. The largest absolute Gasteiger partial charge is 0.377 e. The van der Waals surface area contributed by atoms with Crippen LogP contribution in [0.15, 0.2) is 52.1 Å². The third kappa shape index (κ3) is 2.95. The van der Waals surface area contributed by atoms with Crippen LogP contribution in [0.25, 0.3) is 0 Å². The fourth-order valence-corrected chi connectivity index (χ4v) is 3.59. The molecular weight excluding hydrogens is 294 g/mol. The Morgan fingerprint density at radius 3 is 2.82 bits per heavy atom. The molecule has 0 spiro atoms. The molecule has 4 nitrogen and oxygen atoms in total. The van der Waals surface area contributed by atoms with Gasteiger partial charge in [0.05, 0.1) is 28.0 Å². The number of nitrogens with zero attached hydrogens (tertiary/aromatic N) is 3. The zero-order valence-electron chi connectivity index (χ0n) is 13.0. The predicted molar refractivity (Wildman–Crippen MR) is 94.1 cm³/mol. The first kappa shape index (κ1) is 14.9. The summed E-state index contributed by atoms with van der Waals surface area (Å²) in [5, 5.41) is 0.430. The summed E-state index contributed by atoms with van der Waals surface area (Å²) in [6.07, 6.45) is 6.86. The van der Waals surface area contributed by atoms with Crippen LogP contribution < -0.4 is 4.90 Å². The smallest absolute Gasteiger partial charge is 0.220 e. The molecule has 0 radical (unpaired) electrons. The number of rotatable bonds is 3. The average molecular weight is 313 g/mol. The van der Waals surface area contributed by atoms with Crippen molar-refractivity contribution in [3.8, 4) is 0 Å². The van der Waals surface area contributed by atoms with Gasteiger partial charge < -0.3 is 4.90 Å². The van der Waals surface area contributed by atoms with Crippen LogP contribution in [0.5, 0.6) is 0 Å². The second-order valence-electron chi connectivity index (χ2n) is 5.64. The molecule has 1 aromatic rings. The van der Waals surface area contributed by atoms with Crippen molar-refractivity contribution in [3.63, 3.8) is 0 Å². The van der Waals surface area contributed by atoms with E-state index in [1.165, 1.54) is 0 Å². The van der Waals surface area contributed by atoms with E-state index in [0.717, 1.165) is 34.6 Å². The van der Waals surface area contributed by atoms with Gasteiger partial charge in [-0.2, -0.15) is 0 Å². The molecule has 0 bridgehead atoms. The molecule has 3 rings (SSSR count). The minimum Gasteiger partial charge on any atom is -0.377 e. The first-order chi connectivity index (χ1) is 10.5. The van der Waals surface area contributed by atoms with Crippen molar-refractivity contribution in [2.75, 3.05) is 19.0 Å². The van der Waals surface area contributed by atoms with Gasteiger partial charge in [0.1, 0.15) is 0 Å². The first-order valence-electron chi connectivity index (χ1n) is 7.24. The molecule has 1 atom stereocenters. The Morgan fingerprint density at radius 2 is 2.09 bits per heavy atom. The molecule has 1 aliphatic carbocycles. The highest BCUT2D eigenvalue weighted by Crippen LogP contribution is 2.24. The van der Waals surface area contributed by atoms with E-state index in [1.54, 1.807) is 0 Å². The minimum atomic E-state index is -1.24. The molecule has 0 fully saturated rings. The molecule has 114 valence electrons. The summed E-state index contributed by atoms with van der Waals surface area (Å²) in [6, 6.07) is 6.22. The Bertz CT molecular complexity index is 757. The van der Waals surface area contributed by atoms with Crippen molar-refractivity contribution in [2.45, 2.75) is 19.1 Å². The summed E-state index contributed by atoms with van der Waals surface area (Å²) < 4.78 is 12.6. The molecule has 0 saturated carbocycles. The van der Waals surface area contributed by atoms with Gasteiger partial charge in [0.2, 0.25) is 5.17 Å². The van der Waals surface area contributed by atoms with E-state index >= 15 is 0 Å². The van der Waals surface area contributed by atoms with Gasteiger partial charge in [-0.3, -0.25) is 4.21 Å². The minimum absolute atomic E-state index is 0.430. The van der Waals surface area contributed by atoms with Gasteiger partial charge in [-0.05, 0) is 31.1 Å². The number of amidine groups is 1. The van der Waals surface area contributed by atoms with Crippen molar-refractivity contribution < 1.29 is 4.21 Å². The van der Waals surface area contributed by atoms with Crippen molar-refractivity contribution in [2.24, 2.45) is 9.98 Å². The van der Waals surface area contributed by atoms with Crippen LogP contribution in [0.2, 0.25) is 0 Å².